The number of benzene rings is 1. The first kappa shape index (κ1) is 18.7. The lowest BCUT2D eigenvalue weighted by atomic mass is 10.1. The number of carbonyl (C=O) groups excluding carboxylic acids is 1. The number of rotatable bonds is 5. The van der Waals surface area contributed by atoms with Gasteiger partial charge in [-0.3, -0.25) is 9.10 Å². The zero-order chi connectivity index (χ0) is 19.9. The summed E-state index contributed by atoms with van der Waals surface area (Å²) < 4.78 is 30.7. The Morgan fingerprint density at radius 2 is 2.14 bits per heavy atom. The molecule has 9 heteroatoms. The van der Waals surface area contributed by atoms with Gasteiger partial charge in [-0.2, -0.15) is 0 Å². The number of aryl methyl sites for hydroxylation is 1. The highest BCUT2D eigenvalue weighted by Gasteiger charge is 2.26. The van der Waals surface area contributed by atoms with Crippen LogP contribution in [0.15, 0.2) is 40.1 Å². The average molecular weight is 418 g/mol. The molecule has 146 valence electrons. The van der Waals surface area contributed by atoms with Crippen LogP contribution in [0.25, 0.3) is 11.5 Å². The van der Waals surface area contributed by atoms with Gasteiger partial charge in [-0.15, -0.1) is 11.3 Å². The molecule has 0 aliphatic carbocycles. The third-order valence-electron chi connectivity index (χ3n) is 4.55. The molecule has 28 heavy (non-hydrogen) atoms. The fourth-order valence-electron chi connectivity index (χ4n) is 3.21. The molecule has 0 saturated carbocycles. The number of nitrogens with zero attached hydrogens (tertiary/aromatic N) is 2. The van der Waals surface area contributed by atoms with Crippen molar-refractivity contribution in [1.29, 1.82) is 0 Å². The quantitative estimate of drug-likeness (QED) is 0.689. The number of hydrogen-bond acceptors (Lipinski definition) is 6. The van der Waals surface area contributed by atoms with E-state index in [-0.39, 0.29) is 12.5 Å². The molecule has 1 amide bonds. The molecule has 0 fully saturated rings. The molecule has 3 heterocycles. The average Bonchev–Trinajstić information content (AvgIpc) is 3.37. The van der Waals surface area contributed by atoms with E-state index in [9.17, 15) is 13.2 Å². The third-order valence-corrected chi connectivity index (χ3v) is 6.50. The molecule has 0 radical (unpaired) electrons. The van der Waals surface area contributed by atoms with Crippen molar-refractivity contribution in [2.24, 2.45) is 0 Å². The van der Waals surface area contributed by atoms with Crippen LogP contribution >= 0.6 is 11.3 Å². The molecule has 4 rings (SSSR count). The monoisotopic (exact) mass is 417 g/mol. The van der Waals surface area contributed by atoms with Gasteiger partial charge in [0, 0.05) is 17.5 Å². The molecule has 1 aliphatic rings. The van der Waals surface area contributed by atoms with Gasteiger partial charge in [0.1, 0.15) is 11.5 Å². The number of anilines is 1. The van der Waals surface area contributed by atoms with Crippen LogP contribution in [0.1, 0.15) is 26.7 Å². The summed E-state index contributed by atoms with van der Waals surface area (Å²) in [6.45, 7) is 2.60. The van der Waals surface area contributed by atoms with Crippen molar-refractivity contribution in [1.82, 2.24) is 10.3 Å². The van der Waals surface area contributed by atoms with Gasteiger partial charge >= 0.3 is 0 Å². The molecule has 3 aromatic rings. The predicted octanol–water partition coefficient (Wildman–Crippen LogP) is 2.96. The van der Waals surface area contributed by atoms with E-state index in [2.05, 4.69) is 10.3 Å². The minimum absolute atomic E-state index is 0.233. The number of amides is 1. The van der Waals surface area contributed by atoms with E-state index in [4.69, 9.17) is 4.42 Å². The van der Waals surface area contributed by atoms with Crippen LogP contribution in [0.5, 0.6) is 0 Å². The third kappa shape index (κ3) is 3.67. The van der Waals surface area contributed by atoms with Crippen LogP contribution in [0.4, 0.5) is 5.69 Å². The first-order chi connectivity index (χ1) is 13.3. The van der Waals surface area contributed by atoms with Crippen LogP contribution in [0.2, 0.25) is 0 Å². The lowest BCUT2D eigenvalue weighted by molar-refractivity contribution is 0.0948. The highest BCUT2D eigenvalue weighted by Crippen LogP contribution is 2.30. The van der Waals surface area contributed by atoms with Crippen molar-refractivity contribution >= 4 is 33.0 Å². The van der Waals surface area contributed by atoms with E-state index in [1.807, 2.05) is 24.4 Å². The van der Waals surface area contributed by atoms with Crippen molar-refractivity contribution in [2.75, 3.05) is 17.1 Å². The maximum atomic E-state index is 12.5. The normalized spacial score (nSPS) is 13.6. The Kier molecular flexibility index (Phi) is 4.72. The smallest absolute Gasteiger partial charge is 0.251 e. The number of carbonyl (C=O) groups is 1. The van der Waals surface area contributed by atoms with Crippen LogP contribution in [-0.2, 0) is 23.0 Å². The van der Waals surface area contributed by atoms with Crippen LogP contribution in [0, 0.1) is 6.92 Å². The highest BCUT2D eigenvalue weighted by molar-refractivity contribution is 7.92. The van der Waals surface area contributed by atoms with Crippen molar-refractivity contribution < 1.29 is 17.6 Å². The minimum atomic E-state index is -3.30. The lowest BCUT2D eigenvalue weighted by Crippen LogP contribution is -2.27. The summed E-state index contributed by atoms with van der Waals surface area (Å²) in [4.78, 5) is 16.9. The highest BCUT2D eigenvalue weighted by atomic mass is 32.2. The van der Waals surface area contributed by atoms with Gasteiger partial charge in [0.2, 0.25) is 10.0 Å². The number of nitrogens with one attached hydrogen (secondary N) is 1. The van der Waals surface area contributed by atoms with E-state index in [0.29, 0.717) is 35.7 Å². The van der Waals surface area contributed by atoms with Crippen LogP contribution in [0.3, 0.4) is 0 Å². The van der Waals surface area contributed by atoms with E-state index in [1.165, 1.54) is 10.6 Å². The van der Waals surface area contributed by atoms with E-state index >= 15 is 0 Å². The Hall–Kier alpha value is -2.65. The molecule has 1 N–H and O–H groups in total. The molecule has 0 saturated heterocycles. The molecule has 0 bridgehead atoms. The van der Waals surface area contributed by atoms with Gasteiger partial charge in [-0.25, -0.2) is 13.4 Å². The molecule has 0 spiro atoms. The first-order valence-corrected chi connectivity index (χ1v) is 11.4. The SMILES string of the molecule is Cc1nc(-c2ccc(CNC(=O)c3ccc4c(c3)CCN4S(C)(=O)=O)o2)cs1. The Labute approximate surface area is 167 Å². The summed E-state index contributed by atoms with van der Waals surface area (Å²) in [5.41, 5.74) is 2.79. The Balaban J connectivity index is 1.43. The van der Waals surface area contributed by atoms with E-state index < -0.39 is 10.0 Å². The molecule has 1 aromatic carbocycles. The maximum absolute atomic E-state index is 12.5. The van der Waals surface area contributed by atoms with Gasteiger partial charge in [0.05, 0.1) is 23.5 Å². The maximum Gasteiger partial charge on any atom is 0.251 e. The largest absolute Gasteiger partial charge is 0.458 e. The Morgan fingerprint density at radius 1 is 1.32 bits per heavy atom. The topological polar surface area (TPSA) is 92.5 Å². The number of aromatic nitrogens is 1. The van der Waals surface area contributed by atoms with Crippen LogP contribution < -0.4 is 9.62 Å². The fourth-order valence-corrected chi connectivity index (χ4v) is 4.77. The number of hydrogen-bond donors (Lipinski definition) is 1. The summed E-state index contributed by atoms with van der Waals surface area (Å²) >= 11 is 1.55. The number of fused-ring (bicyclic) bond motifs is 1. The lowest BCUT2D eigenvalue weighted by Gasteiger charge is -2.16. The second kappa shape index (κ2) is 7.06. The van der Waals surface area contributed by atoms with Gasteiger partial charge in [0.15, 0.2) is 5.76 Å². The van der Waals surface area contributed by atoms with Crippen molar-refractivity contribution in [3.05, 3.63) is 57.6 Å². The standard InChI is InChI=1S/C19H19N3O4S2/c1-12-21-16(11-27-12)18-6-4-15(26-18)10-20-19(23)14-3-5-17-13(9-14)7-8-22(17)28(2,24)25/h3-6,9,11H,7-8,10H2,1-2H3,(H,20,23). The number of sulfonamides is 1. The Bertz CT molecular complexity index is 1150. The molecular formula is C19H19N3O4S2. The molecule has 0 atom stereocenters. The van der Waals surface area contributed by atoms with Gasteiger partial charge < -0.3 is 9.73 Å². The zero-order valence-corrected chi connectivity index (χ0v) is 17.1. The van der Waals surface area contributed by atoms with E-state index in [0.717, 1.165) is 16.3 Å². The number of thiazole rings is 1. The summed E-state index contributed by atoms with van der Waals surface area (Å²) in [6.07, 6.45) is 1.78. The van der Waals surface area contributed by atoms with Gasteiger partial charge in [-0.1, -0.05) is 0 Å². The van der Waals surface area contributed by atoms with Crippen LogP contribution in [-0.4, -0.2) is 32.1 Å². The molecular weight excluding hydrogens is 398 g/mol. The second-order valence-electron chi connectivity index (χ2n) is 6.63. The van der Waals surface area contributed by atoms with Crippen molar-refractivity contribution in [3.63, 3.8) is 0 Å². The summed E-state index contributed by atoms with van der Waals surface area (Å²) in [5, 5.41) is 5.73. The zero-order valence-electron chi connectivity index (χ0n) is 15.4. The van der Waals surface area contributed by atoms with Crippen molar-refractivity contribution in [2.45, 2.75) is 19.9 Å². The minimum Gasteiger partial charge on any atom is -0.458 e. The van der Waals surface area contributed by atoms with E-state index in [1.54, 1.807) is 29.5 Å². The Morgan fingerprint density at radius 3 is 2.86 bits per heavy atom. The summed E-state index contributed by atoms with van der Waals surface area (Å²) in [7, 11) is -3.30. The predicted molar refractivity (Wildman–Crippen MR) is 108 cm³/mol. The molecule has 2 aromatic heterocycles. The fraction of sp³-hybridized carbons (Fsp3) is 0.263. The van der Waals surface area contributed by atoms with Crippen molar-refractivity contribution in [3.8, 4) is 11.5 Å². The molecule has 0 unspecified atom stereocenters. The molecule has 1 aliphatic heterocycles. The van der Waals surface area contributed by atoms with Gasteiger partial charge in [0.25, 0.3) is 5.91 Å². The second-order valence-corrected chi connectivity index (χ2v) is 9.60. The first-order valence-electron chi connectivity index (χ1n) is 8.71. The summed E-state index contributed by atoms with van der Waals surface area (Å²) in [6, 6.07) is 8.74. The summed E-state index contributed by atoms with van der Waals surface area (Å²) in [5.74, 6) is 1.08. The number of furan rings is 1. The molecule has 7 nitrogen and oxygen atoms in total. The van der Waals surface area contributed by atoms with Gasteiger partial charge in [-0.05, 0) is 49.2 Å².